The number of hydrogen-bond donors (Lipinski definition) is 2. The van der Waals surface area contributed by atoms with Gasteiger partial charge in [-0.15, -0.1) is 0 Å². The molecule has 0 unspecified atom stereocenters. The molecule has 1 aromatic carbocycles. The summed E-state index contributed by atoms with van der Waals surface area (Å²) in [6.45, 7) is 3.99. The lowest BCUT2D eigenvalue weighted by atomic mass is 10.1. The zero-order valence-electron chi connectivity index (χ0n) is 11.5. The van der Waals surface area contributed by atoms with E-state index >= 15 is 0 Å². The monoisotopic (exact) mass is 269 g/mol. The summed E-state index contributed by atoms with van der Waals surface area (Å²) in [7, 11) is 3.39. The van der Waals surface area contributed by atoms with E-state index in [-0.39, 0.29) is 0 Å². The van der Waals surface area contributed by atoms with Crippen LogP contribution in [-0.4, -0.2) is 33.1 Å². The molecule has 4 heteroatoms. The average Bonchev–Trinajstić information content (AvgIpc) is 2.39. The number of hydrogen-bond acceptors (Lipinski definition) is 4. The first kappa shape index (κ1) is 15.2. The van der Waals surface area contributed by atoms with Gasteiger partial charge >= 0.3 is 0 Å². The zero-order valence-corrected chi connectivity index (χ0v) is 12.3. The van der Waals surface area contributed by atoms with Gasteiger partial charge in [-0.25, -0.2) is 0 Å². The Balaban J connectivity index is 2.62. The highest BCUT2D eigenvalue weighted by Gasteiger charge is 2.10. The fourth-order valence-electron chi connectivity index (χ4n) is 1.98. The quantitative estimate of drug-likeness (QED) is 0.561. The summed E-state index contributed by atoms with van der Waals surface area (Å²) in [4.78, 5) is 0. The van der Waals surface area contributed by atoms with Crippen LogP contribution in [0.4, 0.5) is 0 Å². The molecule has 0 fully saturated rings. The molecule has 0 radical (unpaired) electrons. The van der Waals surface area contributed by atoms with Crippen molar-refractivity contribution in [1.29, 1.82) is 0 Å². The van der Waals surface area contributed by atoms with Gasteiger partial charge in [0.1, 0.15) is 11.5 Å². The zero-order chi connectivity index (χ0) is 13.4. The predicted molar refractivity (Wildman–Crippen MR) is 79.3 cm³/mol. The molecular weight excluding hydrogens is 246 g/mol. The molecule has 1 N–H and O–H groups in total. The van der Waals surface area contributed by atoms with Gasteiger partial charge < -0.3 is 14.8 Å². The van der Waals surface area contributed by atoms with E-state index in [9.17, 15) is 0 Å². The number of rotatable bonds is 8. The molecule has 0 aliphatic heterocycles. The number of nitrogens with one attached hydrogen (secondary N) is 1. The Labute approximate surface area is 115 Å². The lowest BCUT2D eigenvalue weighted by Gasteiger charge is -2.14. The maximum atomic E-state index is 5.48. The van der Waals surface area contributed by atoms with Gasteiger partial charge in [-0.1, -0.05) is 6.07 Å². The molecule has 0 aliphatic carbocycles. The number of thiol groups is 1. The minimum atomic E-state index is 0.874. The molecule has 0 aliphatic rings. The van der Waals surface area contributed by atoms with Crippen LogP contribution >= 0.6 is 12.6 Å². The van der Waals surface area contributed by atoms with Crippen molar-refractivity contribution in [3.05, 3.63) is 23.3 Å². The summed E-state index contributed by atoms with van der Waals surface area (Å²) in [5.41, 5.74) is 2.28. The summed E-state index contributed by atoms with van der Waals surface area (Å²) in [6.07, 6.45) is 2.06. The Kier molecular flexibility index (Phi) is 6.98. The molecule has 0 spiro atoms. The highest BCUT2D eigenvalue weighted by atomic mass is 32.1. The van der Waals surface area contributed by atoms with Crippen molar-refractivity contribution < 1.29 is 9.47 Å². The van der Waals surface area contributed by atoms with E-state index in [0.29, 0.717) is 0 Å². The molecule has 0 amide bonds. The van der Waals surface area contributed by atoms with Crippen molar-refractivity contribution in [2.24, 2.45) is 0 Å². The highest BCUT2D eigenvalue weighted by molar-refractivity contribution is 7.80. The van der Waals surface area contributed by atoms with Crippen molar-refractivity contribution in [2.45, 2.75) is 19.8 Å². The largest absolute Gasteiger partial charge is 0.496 e. The van der Waals surface area contributed by atoms with E-state index in [1.807, 2.05) is 13.0 Å². The SMILES string of the molecule is COc1ccc(CCNCCCS)c(OC)c1C. The van der Waals surface area contributed by atoms with Crippen LogP contribution in [0.5, 0.6) is 11.5 Å². The van der Waals surface area contributed by atoms with Gasteiger partial charge in [0.15, 0.2) is 0 Å². The lowest BCUT2D eigenvalue weighted by Crippen LogP contribution is -2.19. The van der Waals surface area contributed by atoms with E-state index in [4.69, 9.17) is 9.47 Å². The molecule has 0 bridgehead atoms. The maximum Gasteiger partial charge on any atom is 0.128 e. The van der Waals surface area contributed by atoms with Gasteiger partial charge in [0, 0.05) is 5.56 Å². The van der Waals surface area contributed by atoms with E-state index in [0.717, 1.165) is 48.7 Å². The second-order valence-electron chi connectivity index (χ2n) is 4.16. The third-order valence-electron chi connectivity index (χ3n) is 2.94. The Morgan fingerprint density at radius 3 is 2.56 bits per heavy atom. The summed E-state index contributed by atoms with van der Waals surface area (Å²) < 4.78 is 10.8. The Morgan fingerprint density at radius 2 is 1.94 bits per heavy atom. The second-order valence-corrected chi connectivity index (χ2v) is 4.61. The molecule has 18 heavy (non-hydrogen) atoms. The van der Waals surface area contributed by atoms with Crippen molar-refractivity contribution >= 4 is 12.6 Å². The van der Waals surface area contributed by atoms with Crippen molar-refractivity contribution in [3.8, 4) is 11.5 Å². The van der Waals surface area contributed by atoms with Crippen LogP contribution in [0.25, 0.3) is 0 Å². The minimum absolute atomic E-state index is 0.874. The fourth-order valence-corrected chi connectivity index (χ4v) is 2.14. The molecule has 0 aromatic heterocycles. The lowest BCUT2D eigenvalue weighted by molar-refractivity contribution is 0.385. The van der Waals surface area contributed by atoms with Gasteiger partial charge in [-0.2, -0.15) is 12.6 Å². The third-order valence-corrected chi connectivity index (χ3v) is 3.26. The van der Waals surface area contributed by atoms with Crippen LogP contribution in [-0.2, 0) is 6.42 Å². The van der Waals surface area contributed by atoms with Crippen LogP contribution in [0.1, 0.15) is 17.5 Å². The smallest absolute Gasteiger partial charge is 0.128 e. The third kappa shape index (κ3) is 4.10. The Hall–Kier alpha value is -0.870. The van der Waals surface area contributed by atoms with Crippen molar-refractivity contribution in [3.63, 3.8) is 0 Å². The van der Waals surface area contributed by atoms with Crippen LogP contribution in [0.2, 0.25) is 0 Å². The Morgan fingerprint density at radius 1 is 1.17 bits per heavy atom. The summed E-state index contributed by atoms with van der Waals surface area (Å²) in [6, 6.07) is 4.08. The van der Waals surface area contributed by atoms with Gasteiger partial charge in [-0.3, -0.25) is 0 Å². The molecule has 0 atom stereocenters. The van der Waals surface area contributed by atoms with E-state index in [1.165, 1.54) is 5.56 Å². The standard InChI is InChI=1S/C14H23NO2S/c1-11-13(16-2)6-5-12(14(11)17-3)7-9-15-8-4-10-18/h5-6,15,18H,4,7-10H2,1-3H3. The molecule has 1 aromatic rings. The number of ether oxygens (including phenoxy) is 2. The molecular formula is C14H23NO2S. The van der Waals surface area contributed by atoms with Crippen LogP contribution in [0.3, 0.4) is 0 Å². The van der Waals surface area contributed by atoms with E-state index < -0.39 is 0 Å². The van der Waals surface area contributed by atoms with Crippen LogP contribution < -0.4 is 14.8 Å². The molecule has 0 saturated heterocycles. The van der Waals surface area contributed by atoms with E-state index in [2.05, 4.69) is 24.0 Å². The maximum absolute atomic E-state index is 5.48. The summed E-state index contributed by atoms with van der Waals surface area (Å²) in [5, 5.41) is 3.40. The van der Waals surface area contributed by atoms with Gasteiger partial charge in [0.05, 0.1) is 14.2 Å². The highest BCUT2D eigenvalue weighted by Crippen LogP contribution is 2.31. The van der Waals surface area contributed by atoms with Crippen molar-refractivity contribution in [1.82, 2.24) is 5.32 Å². The molecule has 1 rings (SSSR count). The van der Waals surface area contributed by atoms with Gasteiger partial charge in [-0.05, 0) is 50.2 Å². The van der Waals surface area contributed by atoms with Crippen LogP contribution in [0.15, 0.2) is 12.1 Å². The topological polar surface area (TPSA) is 30.5 Å². The normalized spacial score (nSPS) is 10.4. The minimum Gasteiger partial charge on any atom is -0.496 e. The average molecular weight is 269 g/mol. The fraction of sp³-hybridized carbons (Fsp3) is 0.571. The first-order valence-electron chi connectivity index (χ1n) is 6.26. The predicted octanol–water partition coefficient (Wildman–Crippen LogP) is 2.46. The van der Waals surface area contributed by atoms with Crippen molar-refractivity contribution in [2.75, 3.05) is 33.1 Å². The second kappa shape index (κ2) is 8.27. The van der Waals surface area contributed by atoms with Gasteiger partial charge in [0.25, 0.3) is 0 Å². The number of benzene rings is 1. The van der Waals surface area contributed by atoms with Gasteiger partial charge in [0.2, 0.25) is 0 Å². The first-order valence-corrected chi connectivity index (χ1v) is 6.89. The molecule has 0 saturated carbocycles. The Bertz CT molecular complexity index is 369. The molecule has 3 nitrogen and oxygen atoms in total. The summed E-state index contributed by atoms with van der Waals surface area (Å²) in [5.74, 6) is 2.74. The van der Waals surface area contributed by atoms with Crippen LogP contribution in [0, 0.1) is 6.92 Å². The first-order chi connectivity index (χ1) is 8.74. The molecule has 102 valence electrons. The van der Waals surface area contributed by atoms with E-state index in [1.54, 1.807) is 14.2 Å². The summed E-state index contributed by atoms with van der Waals surface area (Å²) >= 11 is 4.19. The molecule has 0 heterocycles. The number of methoxy groups -OCH3 is 2.